The highest BCUT2D eigenvalue weighted by atomic mass is 79.9. The van der Waals surface area contributed by atoms with E-state index in [9.17, 15) is 0 Å². The average Bonchev–Trinajstić information content (AvgIpc) is 2.12. The van der Waals surface area contributed by atoms with E-state index in [-0.39, 0.29) is 0 Å². The van der Waals surface area contributed by atoms with Gasteiger partial charge < -0.3 is 5.32 Å². The van der Waals surface area contributed by atoms with E-state index in [0.717, 1.165) is 11.8 Å². The molecule has 1 aromatic carbocycles. The molecular weight excluding hydrogens is 274 g/mol. The Morgan fingerprint density at radius 3 is 2.41 bits per heavy atom. The molecule has 0 aromatic heterocycles. The second-order valence-electron chi connectivity index (χ2n) is 5.76. The topological polar surface area (TPSA) is 12.0 Å². The van der Waals surface area contributed by atoms with Crippen molar-refractivity contribution in [3.05, 3.63) is 27.7 Å². The molecule has 0 spiro atoms. The Labute approximate surface area is 113 Å². The van der Waals surface area contributed by atoms with Gasteiger partial charge in [-0.25, -0.2) is 0 Å². The van der Waals surface area contributed by atoms with Crippen molar-refractivity contribution in [2.24, 2.45) is 11.8 Å². The molecule has 0 aliphatic heterocycles. The van der Waals surface area contributed by atoms with Crippen LogP contribution in [0.5, 0.6) is 0 Å². The lowest BCUT2D eigenvalue weighted by Crippen LogP contribution is -2.38. The number of anilines is 1. The number of nitrogens with one attached hydrogen (secondary N) is 1. The van der Waals surface area contributed by atoms with Gasteiger partial charge in [0, 0.05) is 10.5 Å². The summed E-state index contributed by atoms with van der Waals surface area (Å²) in [7, 11) is 0. The molecule has 1 nitrogen and oxygen atoms in total. The molecule has 94 valence electrons. The number of benzene rings is 1. The highest BCUT2D eigenvalue weighted by molar-refractivity contribution is 9.10. The minimum absolute atomic E-state index is 0.667. The minimum atomic E-state index is 0.667. The molecule has 0 saturated heterocycles. The highest BCUT2D eigenvalue weighted by Crippen LogP contribution is 2.37. The third kappa shape index (κ3) is 2.85. The van der Waals surface area contributed by atoms with Crippen LogP contribution in [0.15, 0.2) is 16.6 Å². The van der Waals surface area contributed by atoms with E-state index in [1.165, 1.54) is 34.1 Å². The maximum atomic E-state index is 3.68. The monoisotopic (exact) mass is 295 g/mol. The molecule has 1 aliphatic rings. The molecule has 1 aromatic rings. The van der Waals surface area contributed by atoms with Crippen LogP contribution in [0.2, 0.25) is 0 Å². The molecule has 0 unspecified atom stereocenters. The second kappa shape index (κ2) is 5.01. The number of halogens is 1. The molecule has 1 aliphatic carbocycles. The van der Waals surface area contributed by atoms with E-state index in [1.807, 2.05) is 0 Å². The minimum Gasteiger partial charge on any atom is -0.381 e. The van der Waals surface area contributed by atoms with E-state index in [2.05, 4.69) is 61.1 Å². The van der Waals surface area contributed by atoms with Crippen LogP contribution in [0.4, 0.5) is 5.69 Å². The lowest BCUT2D eigenvalue weighted by atomic mass is 9.73. The van der Waals surface area contributed by atoms with Crippen LogP contribution in [0.25, 0.3) is 0 Å². The van der Waals surface area contributed by atoms with Gasteiger partial charge in [-0.1, -0.05) is 19.9 Å². The molecule has 0 bridgehead atoms. The second-order valence-corrected chi connectivity index (χ2v) is 6.61. The zero-order valence-electron chi connectivity index (χ0n) is 11.2. The summed E-state index contributed by atoms with van der Waals surface area (Å²) < 4.78 is 1.20. The highest BCUT2D eigenvalue weighted by Gasteiger charge is 2.31. The van der Waals surface area contributed by atoms with Gasteiger partial charge in [0.15, 0.2) is 0 Å². The van der Waals surface area contributed by atoms with E-state index >= 15 is 0 Å². The third-order valence-electron chi connectivity index (χ3n) is 3.90. The van der Waals surface area contributed by atoms with E-state index < -0.39 is 0 Å². The van der Waals surface area contributed by atoms with E-state index in [1.54, 1.807) is 0 Å². The van der Waals surface area contributed by atoms with Crippen LogP contribution >= 0.6 is 15.9 Å². The van der Waals surface area contributed by atoms with Gasteiger partial charge in [-0.05, 0) is 71.6 Å². The maximum absolute atomic E-state index is 3.68. The molecule has 0 radical (unpaired) electrons. The van der Waals surface area contributed by atoms with Crippen LogP contribution in [-0.4, -0.2) is 6.04 Å². The number of hydrogen-bond acceptors (Lipinski definition) is 1. The van der Waals surface area contributed by atoms with Gasteiger partial charge in [-0.15, -0.1) is 0 Å². The summed E-state index contributed by atoms with van der Waals surface area (Å²) in [5.41, 5.74) is 3.93. The fraction of sp³-hybridized carbons (Fsp3) is 0.600. The van der Waals surface area contributed by atoms with Gasteiger partial charge >= 0.3 is 0 Å². The Kier molecular flexibility index (Phi) is 3.82. The van der Waals surface area contributed by atoms with Crippen LogP contribution in [-0.2, 0) is 0 Å². The molecule has 17 heavy (non-hydrogen) atoms. The molecule has 2 rings (SSSR count). The molecule has 0 atom stereocenters. The molecule has 1 saturated carbocycles. The van der Waals surface area contributed by atoms with Crippen molar-refractivity contribution in [3.63, 3.8) is 0 Å². The predicted octanol–water partition coefficient (Wildman–Crippen LogP) is 4.91. The zero-order valence-corrected chi connectivity index (χ0v) is 12.8. The summed E-state index contributed by atoms with van der Waals surface area (Å²) in [6.45, 7) is 8.97. The van der Waals surface area contributed by atoms with Gasteiger partial charge in [-0.2, -0.15) is 0 Å². The summed E-state index contributed by atoms with van der Waals surface area (Å²) in [6, 6.07) is 5.10. The maximum Gasteiger partial charge on any atom is 0.0516 e. The van der Waals surface area contributed by atoms with Gasteiger partial charge in [0.25, 0.3) is 0 Å². The van der Waals surface area contributed by atoms with Gasteiger partial charge in [0.05, 0.1) is 5.69 Å². The molecule has 1 N–H and O–H groups in total. The summed E-state index contributed by atoms with van der Waals surface area (Å²) in [5.74, 6) is 1.74. The van der Waals surface area contributed by atoms with Crippen LogP contribution in [0.3, 0.4) is 0 Å². The first-order chi connectivity index (χ1) is 7.97. The van der Waals surface area contributed by atoms with Crippen molar-refractivity contribution in [1.82, 2.24) is 0 Å². The quantitative estimate of drug-likeness (QED) is 0.835. The first-order valence-corrected chi connectivity index (χ1v) is 7.30. The Morgan fingerprint density at radius 1 is 1.24 bits per heavy atom. The molecule has 0 amide bonds. The first-order valence-electron chi connectivity index (χ1n) is 6.50. The third-order valence-corrected chi connectivity index (χ3v) is 4.52. The Hall–Kier alpha value is -0.500. The lowest BCUT2D eigenvalue weighted by molar-refractivity contribution is 0.211. The molecular formula is C15H22BrN. The molecule has 0 heterocycles. The lowest BCUT2D eigenvalue weighted by Gasteiger charge is -2.39. The van der Waals surface area contributed by atoms with Gasteiger partial charge in [0.2, 0.25) is 0 Å². The van der Waals surface area contributed by atoms with Gasteiger partial charge in [-0.3, -0.25) is 0 Å². The number of aryl methyl sites for hydroxylation is 2. The number of rotatable bonds is 3. The van der Waals surface area contributed by atoms with Crippen molar-refractivity contribution in [2.45, 2.75) is 46.6 Å². The summed E-state index contributed by atoms with van der Waals surface area (Å²) in [5, 5.41) is 3.68. The SMILES string of the molecule is Cc1cc(C)c(NC2CC(C(C)C)C2)c(Br)c1. The fourth-order valence-electron chi connectivity index (χ4n) is 2.63. The van der Waals surface area contributed by atoms with Gasteiger partial charge in [0.1, 0.15) is 0 Å². The molecule has 1 fully saturated rings. The normalized spacial score (nSPS) is 23.6. The smallest absolute Gasteiger partial charge is 0.0516 e. The standard InChI is InChI=1S/C15H22BrN/c1-9(2)12-7-13(8-12)17-15-11(4)5-10(3)6-14(15)16/h5-6,9,12-13,17H,7-8H2,1-4H3. The summed E-state index contributed by atoms with van der Waals surface area (Å²) in [6.07, 6.45) is 2.63. The van der Waals surface area contributed by atoms with E-state index in [0.29, 0.717) is 6.04 Å². The average molecular weight is 296 g/mol. The Morgan fingerprint density at radius 2 is 1.88 bits per heavy atom. The van der Waals surface area contributed by atoms with Crippen molar-refractivity contribution >= 4 is 21.6 Å². The van der Waals surface area contributed by atoms with Crippen molar-refractivity contribution in [2.75, 3.05) is 5.32 Å². The van der Waals surface area contributed by atoms with Crippen molar-refractivity contribution in [1.29, 1.82) is 0 Å². The van der Waals surface area contributed by atoms with Crippen LogP contribution < -0.4 is 5.32 Å². The first kappa shape index (κ1) is 12.9. The van der Waals surface area contributed by atoms with Crippen molar-refractivity contribution < 1.29 is 0 Å². The van der Waals surface area contributed by atoms with Crippen molar-refractivity contribution in [3.8, 4) is 0 Å². The largest absolute Gasteiger partial charge is 0.381 e. The fourth-order valence-corrected chi connectivity index (χ4v) is 3.41. The zero-order chi connectivity index (χ0) is 12.6. The summed E-state index contributed by atoms with van der Waals surface area (Å²) >= 11 is 3.66. The molecule has 2 heteroatoms. The Bertz CT molecular complexity index is 382. The van der Waals surface area contributed by atoms with Crippen LogP contribution in [0, 0.1) is 25.7 Å². The van der Waals surface area contributed by atoms with E-state index in [4.69, 9.17) is 0 Å². The Balaban J connectivity index is 2.01. The number of hydrogen-bond donors (Lipinski definition) is 1. The predicted molar refractivity (Wildman–Crippen MR) is 78.6 cm³/mol. The summed E-state index contributed by atoms with van der Waals surface area (Å²) in [4.78, 5) is 0. The van der Waals surface area contributed by atoms with Crippen LogP contribution in [0.1, 0.15) is 37.8 Å².